The lowest BCUT2D eigenvalue weighted by Crippen LogP contribution is -2.15. The third-order valence-electron chi connectivity index (χ3n) is 3.14. The molecule has 0 atom stereocenters. The van der Waals surface area contributed by atoms with E-state index >= 15 is 0 Å². The van der Waals surface area contributed by atoms with Gasteiger partial charge < -0.3 is 14.7 Å². The number of likely N-dealkylation sites (N-methyl/N-ethyl adjacent to an activating group) is 2. The summed E-state index contributed by atoms with van der Waals surface area (Å²) in [6.07, 6.45) is 1.75. The summed E-state index contributed by atoms with van der Waals surface area (Å²) in [6, 6.07) is 8.18. The van der Waals surface area contributed by atoms with Gasteiger partial charge in [0.1, 0.15) is 0 Å². The number of rotatable bonds is 7. The highest BCUT2D eigenvalue weighted by Crippen LogP contribution is 2.22. The summed E-state index contributed by atoms with van der Waals surface area (Å²) in [5.74, 6) is 1.38. The molecule has 5 nitrogen and oxygen atoms in total. The molecule has 0 unspecified atom stereocenters. The molecule has 0 radical (unpaired) electrons. The quantitative estimate of drug-likeness (QED) is 0.831. The smallest absolute Gasteiger partial charge is 0.258 e. The topological polar surface area (TPSA) is 54.2 Å². The van der Waals surface area contributed by atoms with Crippen molar-refractivity contribution in [3.63, 3.8) is 0 Å². The zero-order chi connectivity index (χ0) is 14.4. The molecule has 0 bridgehead atoms. The molecule has 0 spiro atoms. The first-order valence-electron chi connectivity index (χ1n) is 6.91. The van der Waals surface area contributed by atoms with Crippen LogP contribution in [0, 0.1) is 0 Å². The van der Waals surface area contributed by atoms with Crippen molar-refractivity contribution in [3.8, 4) is 11.5 Å². The van der Waals surface area contributed by atoms with Crippen molar-refractivity contribution in [1.82, 2.24) is 20.4 Å². The third-order valence-corrected chi connectivity index (χ3v) is 3.14. The van der Waals surface area contributed by atoms with E-state index in [2.05, 4.69) is 26.4 Å². The highest BCUT2D eigenvalue weighted by Gasteiger charge is 2.12. The zero-order valence-electron chi connectivity index (χ0n) is 12.4. The second-order valence-electron chi connectivity index (χ2n) is 5.08. The van der Waals surface area contributed by atoms with Crippen LogP contribution in [0.25, 0.3) is 11.5 Å². The van der Waals surface area contributed by atoms with Crippen molar-refractivity contribution in [2.24, 2.45) is 0 Å². The molecule has 1 heterocycles. The molecule has 20 heavy (non-hydrogen) atoms. The first-order chi connectivity index (χ1) is 9.70. The third kappa shape index (κ3) is 3.88. The number of hydrogen-bond acceptors (Lipinski definition) is 5. The fourth-order valence-corrected chi connectivity index (χ4v) is 2.00. The van der Waals surface area contributed by atoms with Crippen LogP contribution in [0.3, 0.4) is 0 Å². The minimum absolute atomic E-state index is 0.616. The van der Waals surface area contributed by atoms with Crippen molar-refractivity contribution in [1.29, 1.82) is 0 Å². The highest BCUT2D eigenvalue weighted by molar-refractivity contribution is 5.58. The van der Waals surface area contributed by atoms with Gasteiger partial charge in [0.25, 0.3) is 5.89 Å². The molecule has 1 aromatic heterocycles. The molecule has 5 heteroatoms. The second-order valence-corrected chi connectivity index (χ2v) is 5.08. The average Bonchev–Trinajstić information content (AvgIpc) is 2.92. The van der Waals surface area contributed by atoms with Crippen LogP contribution in [0.5, 0.6) is 0 Å². The van der Waals surface area contributed by atoms with Gasteiger partial charge in [0, 0.05) is 18.5 Å². The molecule has 0 aliphatic carbocycles. The molecule has 0 aliphatic rings. The van der Waals surface area contributed by atoms with E-state index in [1.54, 1.807) is 0 Å². The molecular weight excluding hydrogens is 252 g/mol. The first kappa shape index (κ1) is 14.7. The van der Waals surface area contributed by atoms with Gasteiger partial charge in [0.05, 0.1) is 0 Å². The van der Waals surface area contributed by atoms with Crippen molar-refractivity contribution in [2.75, 3.05) is 34.2 Å². The Kier molecular flexibility index (Phi) is 5.26. The molecule has 1 N–H and O–H groups in total. The van der Waals surface area contributed by atoms with Crippen LogP contribution in [0.4, 0.5) is 0 Å². The van der Waals surface area contributed by atoms with E-state index in [1.807, 2.05) is 39.3 Å². The van der Waals surface area contributed by atoms with Crippen LogP contribution in [-0.2, 0) is 12.8 Å². The maximum atomic E-state index is 5.40. The normalized spacial score (nSPS) is 11.2. The van der Waals surface area contributed by atoms with Gasteiger partial charge in [0.2, 0.25) is 0 Å². The van der Waals surface area contributed by atoms with Crippen LogP contribution >= 0.6 is 0 Å². The summed E-state index contributed by atoms with van der Waals surface area (Å²) in [6.45, 7) is 1.85. The van der Waals surface area contributed by atoms with Gasteiger partial charge in [0.15, 0.2) is 5.82 Å². The Morgan fingerprint density at radius 2 is 2.00 bits per heavy atom. The summed E-state index contributed by atoms with van der Waals surface area (Å²) in [5, 5.41) is 7.22. The van der Waals surface area contributed by atoms with Crippen LogP contribution in [0.15, 0.2) is 28.8 Å². The van der Waals surface area contributed by atoms with Gasteiger partial charge in [-0.2, -0.15) is 4.98 Å². The number of nitrogens with one attached hydrogen (secondary N) is 1. The summed E-state index contributed by atoms with van der Waals surface area (Å²) in [7, 11) is 6.02. The average molecular weight is 274 g/mol. The van der Waals surface area contributed by atoms with E-state index in [9.17, 15) is 0 Å². The molecule has 0 saturated carbocycles. The van der Waals surface area contributed by atoms with Crippen LogP contribution in [0.2, 0.25) is 0 Å². The van der Waals surface area contributed by atoms with Crippen LogP contribution in [-0.4, -0.2) is 49.3 Å². The van der Waals surface area contributed by atoms with E-state index in [4.69, 9.17) is 4.52 Å². The van der Waals surface area contributed by atoms with E-state index in [1.165, 1.54) is 5.56 Å². The van der Waals surface area contributed by atoms with E-state index in [0.29, 0.717) is 5.89 Å². The van der Waals surface area contributed by atoms with E-state index in [-0.39, 0.29) is 0 Å². The predicted molar refractivity (Wildman–Crippen MR) is 79.6 cm³/mol. The first-order valence-corrected chi connectivity index (χ1v) is 6.91. The maximum Gasteiger partial charge on any atom is 0.258 e. The Balaban J connectivity index is 2.15. The lowest BCUT2D eigenvalue weighted by molar-refractivity contribution is 0.392. The molecule has 2 aromatic rings. The summed E-state index contributed by atoms with van der Waals surface area (Å²) >= 11 is 0. The Morgan fingerprint density at radius 1 is 1.20 bits per heavy atom. The second kappa shape index (κ2) is 7.17. The predicted octanol–water partition coefficient (Wildman–Crippen LogP) is 1.60. The van der Waals surface area contributed by atoms with Gasteiger partial charge in [-0.1, -0.05) is 23.4 Å². The van der Waals surface area contributed by atoms with Crippen LogP contribution in [0.1, 0.15) is 11.4 Å². The van der Waals surface area contributed by atoms with Gasteiger partial charge in [-0.15, -0.1) is 0 Å². The molecule has 0 amide bonds. The van der Waals surface area contributed by atoms with Crippen molar-refractivity contribution < 1.29 is 4.52 Å². The van der Waals surface area contributed by atoms with E-state index < -0.39 is 0 Å². The highest BCUT2D eigenvalue weighted by atomic mass is 16.5. The molecule has 108 valence electrons. The number of benzene rings is 1. The summed E-state index contributed by atoms with van der Waals surface area (Å²) in [5.41, 5.74) is 2.26. The molecule has 0 saturated heterocycles. The summed E-state index contributed by atoms with van der Waals surface area (Å²) in [4.78, 5) is 6.60. The van der Waals surface area contributed by atoms with Crippen molar-refractivity contribution in [2.45, 2.75) is 12.8 Å². The van der Waals surface area contributed by atoms with E-state index in [0.717, 1.165) is 37.3 Å². The van der Waals surface area contributed by atoms with Crippen molar-refractivity contribution in [3.05, 3.63) is 35.7 Å². The lowest BCUT2D eigenvalue weighted by Gasteiger charge is -2.06. The molecule has 0 aliphatic heterocycles. The molecule has 1 aromatic carbocycles. The maximum absolute atomic E-state index is 5.40. The number of nitrogens with zero attached hydrogens (tertiary/aromatic N) is 3. The zero-order valence-corrected chi connectivity index (χ0v) is 12.4. The standard InChI is InChI=1S/C15H22N4O/c1-16-10-8-12-6-4-5-7-13(12)15-17-14(18-20-15)9-11-19(2)3/h4-7,16H,8-11H2,1-3H3. The minimum Gasteiger partial charge on any atom is -0.334 e. The number of aromatic nitrogens is 2. The molecule has 0 fully saturated rings. The largest absolute Gasteiger partial charge is 0.334 e. The lowest BCUT2D eigenvalue weighted by atomic mass is 10.0. The van der Waals surface area contributed by atoms with Gasteiger partial charge in [-0.3, -0.25) is 0 Å². The fraction of sp³-hybridized carbons (Fsp3) is 0.467. The SMILES string of the molecule is CNCCc1ccccc1-c1nc(CCN(C)C)no1. The van der Waals surface area contributed by atoms with Crippen molar-refractivity contribution >= 4 is 0 Å². The van der Waals surface area contributed by atoms with Gasteiger partial charge in [-0.25, -0.2) is 0 Å². The molecule has 2 rings (SSSR count). The monoisotopic (exact) mass is 274 g/mol. The molecular formula is C15H22N4O. The Bertz CT molecular complexity index is 536. The fourth-order valence-electron chi connectivity index (χ4n) is 2.00. The Morgan fingerprint density at radius 3 is 2.75 bits per heavy atom. The number of hydrogen-bond donors (Lipinski definition) is 1. The summed E-state index contributed by atoms with van der Waals surface area (Å²) < 4.78 is 5.40. The minimum atomic E-state index is 0.616. The van der Waals surface area contributed by atoms with Gasteiger partial charge in [-0.05, 0) is 45.7 Å². The Hall–Kier alpha value is -1.72. The Labute approximate surface area is 120 Å². The van der Waals surface area contributed by atoms with Gasteiger partial charge >= 0.3 is 0 Å². The van der Waals surface area contributed by atoms with Crippen LogP contribution < -0.4 is 5.32 Å².